The average molecular weight is 194 g/mol. The SMILES string of the molecule is CN=C(NN)Nc1cccc(OC)c1. The third kappa shape index (κ3) is 2.63. The zero-order valence-electron chi connectivity index (χ0n) is 8.24. The number of hydrogen-bond donors (Lipinski definition) is 3. The van der Waals surface area contributed by atoms with Gasteiger partial charge < -0.3 is 10.1 Å². The normalized spacial score (nSPS) is 10.9. The van der Waals surface area contributed by atoms with Crippen LogP contribution in [0.15, 0.2) is 29.3 Å². The maximum absolute atomic E-state index is 5.23. The van der Waals surface area contributed by atoms with E-state index in [1.165, 1.54) is 0 Å². The van der Waals surface area contributed by atoms with Crippen LogP contribution in [0.1, 0.15) is 0 Å². The second-order valence-electron chi connectivity index (χ2n) is 2.57. The molecular weight excluding hydrogens is 180 g/mol. The van der Waals surface area contributed by atoms with Crippen LogP contribution in [0.2, 0.25) is 0 Å². The number of hydrazine groups is 1. The molecule has 14 heavy (non-hydrogen) atoms. The third-order valence-corrected chi connectivity index (χ3v) is 1.69. The Hall–Kier alpha value is -1.75. The quantitative estimate of drug-likeness (QED) is 0.278. The van der Waals surface area contributed by atoms with Gasteiger partial charge in [0, 0.05) is 18.8 Å². The maximum atomic E-state index is 5.23. The standard InChI is InChI=1S/C9H14N4O/c1-11-9(13-10)12-7-4-3-5-8(6-7)14-2/h3-6H,10H2,1-2H3,(H2,11,12,13). The van der Waals surface area contributed by atoms with Crippen LogP contribution in [0.5, 0.6) is 5.75 Å². The monoisotopic (exact) mass is 194 g/mol. The molecule has 0 aliphatic rings. The number of nitrogens with one attached hydrogen (secondary N) is 2. The Balaban J connectivity index is 2.76. The van der Waals surface area contributed by atoms with Gasteiger partial charge in [-0.1, -0.05) is 6.07 Å². The summed E-state index contributed by atoms with van der Waals surface area (Å²) < 4.78 is 5.07. The second kappa shape index (κ2) is 5.08. The van der Waals surface area contributed by atoms with Gasteiger partial charge >= 0.3 is 0 Å². The summed E-state index contributed by atoms with van der Waals surface area (Å²) in [6.45, 7) is 0. The maximum Gasteiger partial charge on any atom is 0.209 e. The van der Waals surface area contributed by atoms with E-state index in [-0.39, 0.29) is 0 Å². The van der Waals surface area contributed by atoms with Gasteiger partial charge in [-0.2, -0.15) is 0 Å². The fourth-order valence-corrected chi connectivity index (χ4v) is 0.994. The van der Waals surface area contributed by atoms with E-state index in [0.717, 1.165) is 11.4 Å². The van der Waals surface area contributed by atoms with Crippen LogP contribution in [0.4, 0.5) is 5.69 Å². The minimum Gasteiger partial charge on any atom is -0.497 e. The summed E-state index contributed by atoms with van der Waals surface area (Å²) in [7, 11) is 3.26. The van der Waals surface area contributed by atoms with Gasteiger partial charge in [0.15, 0.2) is 0 Å². The van der Waals surface area contributed by atoms with Crippen molar-refractivity contribution < 1.29 is 4.74 Å². The first-order valence-electron chi connectivity index (χ1n) is 4.14. The lowest BCUT2D eigenvalue weighted by atomic mass is 10.3. The molecule has 0 saturated heterocycles. The van der Waals surface area contributed by atoms with E-state index >= 15 is 0 Å². The summed E-state index contributed by atoms with van der Waals surface area (Å²) in [6.07, 6.45) is 0. The lowest BCUT2D eigenvalue weighted by Crippen LogP contribution is -2.36. The van der Waals surface area contributed by atoms with Gasteiger partial charge in [0.05, 0.1) is 7.11 Å². The molecular formula is C9H14N4O. The summed E-state index contributed by atoms with van der Waals surface area (Å²) in [5.74, 6) is 6.51. The molecule has 0 unspecified atom stereocenters. The number of nitrogens with zero attached hydrogens (tertiary/aromatic N) is 1. The summed E-state index contributed by atoms with van der Waals surface area (Å²) >= 11 is 0. The molecule has 0 aliphatic carbocycles. The van der Waals surface area contributed by atoms with Crippen LogP contribution < -0.4 is 21.3 Å². The van der Waals surface area contributed by atoms with Crippen molar-refractivity contribution in [2.24, 2.45) is 10.8 Å². The molecule has 1 aromatic rings. The number of ether oxygens (including phenoxy) is 1. The molecule has 0 radical (unpaired) electrons. The van der Waals surface area contributed by atoms with Crippen LogP contribution in [0.25, 0.3) is 0 Å². The van der Waals surface area contributed by atoms with E-state index in [4.69, 9.17) is 10.6 Å². The first kappa shape index (κ1) is 10.3. The van der Waals surface area contributed by atoms with Crippen molar-refractivity contribution >= 4 is 11.6 Å². The Bertz CT molecular complexity index is 324. The minimum absolute atomic E-state index is 0.498. The van der Waals surface area contributed by atoms with Gasteiger partial charge in [-0.15, -0.1) is 0 Å². The summed E-state index contributed by atoms with van der Waals surface area (Å²) in [5, 5.41) is 2.99. The fraction of sp³-hybridized carbons (Fsp3) is 0.222. The lowest BCUT2D eigenvalue weighted by molar-refractivity contribution is 0.415. The first-order valence-corrected chi connectivity index (χ1v) is 4.14. The number of rotatable bonds is 2. The molecule has 5 heteroatoms. The smallest absolute Gasteiger partial charge is 0.209 e. The van der Waals surface area contributed by atoms with Gasteiger partial charge in [0.1, 0.15) is 5.75 Å². The summed E-state index contributed by atoms with van der Waals surface area (Å²) in [6, 6.07) is 7.49. The number of hydrogen-bond acceptors (Lipinski definition) is 3. The van der Waals surface area contributed by atoms with Gasteiger partial charge in [-0.25, -0.2) is 5.84 Å². The highest BCUT2D eigenvalue weighted by Gasteiger charge is 1.97. The lowest BCUT2D eigenvalue weighted by Gasteiger charge is -2.08. The zero-order valence-corrected chi connectivity index (χ0v) is 8.24. The molecule has 0 aromatic heterocycles. The number of guanidine groups is 1. The number of aliphatic imine (C=N–C) groups is 1. The van der Waals surface area contributed by atoms with Crippen LogP contribution in [-0.4, -0.2) is 20.1 Å². The summed E-state index contributed by atoms with van der Waals surface area (Å²) in [4.78, 5) is 3.89. The molecule has 0 amide bonds. The molecule has 76 valence electrons. The predicted molar refractivity (Wildman–Crippen MR) is 57.3 cm³/mol. The van der Waals surface area contributed by atoms with E-state index in [0.29, 0.717) is 5.96 Å². The predicted octanol–water partition coefficient (Wildman–Crippen LogP) is 0.556. The Morgan fingerprint density at radius 3 is 2.86 bits per heavy atom. The largest absolute Gasteiger partial charge is 0.497 e. The van der Waals surface area contributed by atoms with Gasteiger partial charge in [0.2, 0.25) is 5.96 Å². The number of methoxy groups -OCH3 is 1. The molecule has 0 bridgehead atoms. The van der Waals surface area contributed by atoms with Crippen LogP contribution in [0.3, 0.4) is 0 Å². The highest BCUT2D eigenvalue weighted by atomic mass is 16.5. The van der Waals surface area contributed by atoms with Crippen molar-refractivity contribution in [2.75, 3.05) is 19.5 Å². The Kier molecular flexibility index (Phi) is 3.75. The van der Waals surface area contributed by atoms with Crippen molar-refractivity contribution in [3.8, 4) is 5.75 Å². The molecule has 0 atom stereocenters. The van der Waals surface area contributed by atoms with E-state index in [1.807, 2.05) is 24.3 Å². The van der Waals surface area contributed by atoms with Gasteiger partial charge in [-0.05, 0) is 12.1 Å². The van der Waals surface area contributed by atoms with Crippen molar-refractivity contribution in [1.82, 2.24) is 5.43 Å². The van der Waals surface area contributed by atoms with E-state index < -0.39 is 0 Å². The van der Waals surface area contributed by atoms with Crippen molar-refractivity contribution in [2.45, 2.75) is 0 Å². The highest BCUT2D eigenvalue weighted by Crippen LogP contribution is 2.16. The third-order valence-electron chi connectivity index (χ3n) is 1.69. The molecule has 1 aromatic carbocycles. The van der Waals surface area contributed by atoms with E-state index in [2.05, 4.69) is 15.7 Å². The fourth-order valence-electron chi connectivity index (χ4n) is 0.994. The van der Waals surface area contributed by atoms with Crippen molar-refractivity contribution in [3.63, 3.8) is 0 Å². The Labute approximate surface area is 82.9 Å². The molecule has 0 spiro atoms. The number of nitrogens with two attached hydrogens (primary N) is 1. The molecule has 4 N–H and O–H groups in total. The second-order valence-corrected chi connectivity index (χ2v) is 2.57. The zero-order chi connectivity index (χ0) is 10.4. The van der Waals surface area contributed by atoms with Crippen LogP contribution in [0, 0.1) is 0 Å². The van der Waals surface area contributed by atoms with Gasteiger partial charge in [0.25, 0.3) is 0 Å². The summed E-state index contributed by atoms with van der Waals surface area (Å²) in [5.41, 5.74) is 3.30. The molecule has 0 saturated carbocycles. The molecule has 5 nitrogen and oxygen atoms in total. The molecule has 1 rings (SSSR count). The average Bonchev–Trinajstić information content (AvgIpc) is 2.26. The van der Waals surface area contributed by atoms with Crippen molar-refractivity contribution in [3.05, 3.63) is 24.3 Å². The number of benzene rings is 1. The molecule has 0 fully saturated rings. The Morgan fingerprint density at radius 2 is 2.29 bits per heavy atom. The Morgan fingerprint density at radius 1 is 1.50 bits per heavy atom. The van der Waals surface area contributed by atoms with Crippen LogP contribution in [-0.2, 0) is 0 Å². The first-order chi connectivity index (χ1) is 6.80. The van der Waals surface area contributed by atoms with Gasteiger partial charge in [-0.3, -0.25) is 10.4 Å². The highest BCUT2D eigenvalue weighted by molar-refractivity contribution is 5.93. The number of anilines is 1. The van der Waals surface area contributed by atoms with Crippen LogP contribution >= 0.6 is 0 Å². The van der Waals surface area contributed by atoms with E-state index in [9.17, 15) is 0 Å². The minimum atomic E-state index is 0.498. The van der Waals surface area contributed by atoms with Crippen molar-refractivity contribution in [1.29, 1.82) is 0 Å². The molecule has 0 aliphatic heterocycles. The molecule has 0 heterocycles. The van der Waals surface area contributed by atoms with E-state index in [1.54, 1.807) is 14.2 Å². The topological polar surface area (TPSA) is 71.7 Å².